The number of rotatable bonds is 5. The van der Waals surface area contributed by atoms with Crippen LogP contribution in [0.5, 0.6) is 11.5 Å². The van der Waals surface area contributed by atoms with Crippen molar-refractivity contribution >= 4 is 17.5 Å². The number of phenolic OH excluding ortho intramolecular Hbond substituents is 1. The highest BCUT2D eigenvalue weighted by Crippen LogP contribution is 2.18. The number of amides is 2. The van der Waals surface area contributed by atoms with Gasteiger partial charge in [-0.05, 0) is 24.3 Å². The van der Waals surface area contributed by atoms with Gasteiger partial charge in [0.1, 0.15) is 11.5 Å². The van der Waals surface area contributed by atoms with Crippen LogP contribution in [-0.2, 0) is 4.79 Å². The highest BCUT2D eigenvalue weighted by atomic mass is 16.6. The summed E-state index contributed by atoms with van der Waals surface area (Å²) >= 11 is 0. The molecule has 1 aliphatic rings. The van der Waals surface area contributed by atoms with Crippen LogP contribution in [0.25, 0.3) is 0 Å². The van der Waals surface area contributed by atoms with Gasteiger partial charge in [0.15, 0.2) is 6.61 Å². The molecule has 1 N–H and O–H groups in total. The van der Waals surface area contributed by atoms with Crippen LogP contribution in [-0.4, -0.2) is 64.4 Å². The van der Waals surface area contributed by atoms with Crippen LogP contribution in [0, 0.1) is 10.1 Å². The van der Waals surface area contributed by atoms with Crippen molar-refractivity contribution in [3.63, 3.8) is 0 Å². The summed E-state index contributed by atoms with van der Waals surface area (Å²) in [4.78, 5) is 38.2. The molecule has 146 valence electrons. The molecule has 0 radical (unpaired) electrons. The number of nitro benzene ring substituents is 1. The highest BCUT2D eigenvalue weighted by Gasteiger charge is 2.25. The van der Waals surface area contributed by atoms with Gasteiger partial charge in [-0.2, -0.15) is 0 Å². The largest absolute Gasteiger partial charge is 0.508 e. The molecular formula is C19H19N3O6. The number of carbonyl (C=O) groups excluding carboxylic acids is 2. The van der Waals surface area contributed by atoms with Crippen LogP contribution in [0.1, 0.15) is 10.4 Å². The van der Waals surface area contributed by atoms with Gasteiger partial charge in [0.25, 0.3) is 17.5 Å². The predicted molar refractivity (Wildman–Crippen MR) is 99.2 cm³/mol. The molecular weight excluding hydrogens is 366 g/mol. The van der Waals surface area contributed by atoms with Crippen molar-refractivity contribution in [1.82, 2.24) is 9.80 Å². The Labute approximate surface area is 160 Å². The molecule has 0 unspecified atom stereocenters. The van der Waals surface area contributed by atoms with Gasteiger partial charge in [0.05, 0.1) is 4.92 Å². The summed E-state index contributed by atoms with van der Waals surface area (Å²) in [5.74, 6) is 0.0347. The van der Waals surface area contributed by atoms with Crippen LogP contribution < -0.4 is 4.74 Å². The molecule has 9 nitrogen and oxygen atoms in total. The molecule has 1 aliphatic heterocycles. The number of phenols is 1. The normalized spacial score (nSPS) is 13.9. The zero-order valence-corrected chi connectivity index (χ0v) is 15.0. The van der Waals surface area contributed by atoms with E-state index in [0.29, 0.717) is 37.5 Å². The second-order valence-electron chi connectivity index (χ2n) is 6.26. The maximum Gasteiger partial charge on any atom is 0.269 e. The summed E-state index contributed by atoms with van der Waals surface area (Å²) in [5, 5.41) is 20.1. The van der Waals surface area contributed by atoms with Gasteiger partial charge in [-0.1, -0.05) is 6.07 Å². The lowest BCUT2D eigenvalue weighted by molar-refractivity contribution is -0.384. The van der Waals surface area contributed by atoms with Crippen molar-refractivity contribution in [3.8, 4) is 11.5 Å². The quantitative estimate of drug-likeness (QED) is 0.619. The molecule has 2 amide bonds. The Hall–Kier alpha value is -3.62. The number of hydrogen-bond acceptors (Lipinski definition) is 6. The molecule has 0 aliphatic carbocycles. The molecule has 1 fully saturated rings. The van der Waals surface area contributed by atoms with E-state index >= 15 is 0 Å². The minimum absolute atomic E-state index is 0.0586. The first kappa shape index (κ1) is 19.2. The number of hydrogen-bond donors (Lipinski definition) is 1. The van der Waals surface area contributed by atoms with Crippen LogP contribution >= 0.6 is 0 Å². The highest BCUT2D eigenvalue weighted by molar-refractivity contribution is 5.94. The number of non-ortho nitro benzene ring substituents is 1. The summed E-state index contributed by atoms with van der Waals surface area (Å²) < 4.78 is 5.39. The number of ether oxygens (including phenoxy) is 1. The number of carbonyl (C=O) groups is 2. The van der Waals surface area contributed by atoms with E-state index in [1.807, 2.05) is 0 Å². The number of nitrogens with zero attached hydrogens (tertiary/aromatic N) is 3. The molecule has 2 aromatic carbocycles. The van der Waals surface area contributed by atoms with E-state index in [-0.39, 0.29) is 29.9 Å². The maximum absolute atomic E-state index is 12.5. The van der Waals surface area contributed by atoms with E-state index in [0.717, 1.165) is 0 Å². The summed E-state index contributed by atoms with van der Waals surface area (Å²) in [7, 11) is 0. The molecule has 0 aromatic heterocycles. The second-order valence-corrected chi connectivity index (χ2v) is 6.26. The minimum atomic E-state index is -0.516. The van der Waals surface area contributed by atoms with E-state index in [2.05, 4.69) is 0 Å². The first-order valence-corrected chi connectivity index (χ1v) is 8.67. The van der Waals surface area contributed by atoms with E-state index in [4.69, 9.17) is 4.74 Å². The lowest BCUT2D eigenvalue weighted by atomic mass is 10.1. The SMILES string of the molecule is O=C(COc1cccc(O)c1)N1CCN(C(=O)c2ccc([N+](=O)[O-])cc2)CC1. The van der Waals surface area contributed by atoms with E-state index in [1.165, 1.54) is 36.4 Å². The van der Waals surface area contributed by atoms with Gasteiger partial charge >= 0.3 is 0 Å². The first-order valence-electron chi connectivity index (χ1n) is 8.67. The van der Waals surface area contributed by atoms with Gasteiger partial charge in [0, 0.05) is 49.9 Å². The third-order valence-electron chi connectivity index (χ3n) is 4.42. The summed E-state index contributed by atoms with van der Waals surface area (Å²) in [6, 6.07) is 11.7. The molecule has 2 aromatic rings. The van der Waals surface area contributed by atoms with Crippen molar-refractivity contribution in [1.29, 1.82) is 0 Å². The minimum Gasteiger partial charge on any atom is -0.508 e. The Balaban J connectivity index is 1.50. The number of nitro groups is 1. The zero-order chi connectivity index (χ0) is 20.1. The van der Waals surface area contributed by atoms with Crippen LogP contribution in [0.4, 0.5) is 5.69 Å². The molecule has 0 atom stereocenters. The van der Waals surface area contributed by atoms with Crippen molar-refractivity contribution in [2.24, 2.45) is 0 Å². The van der Waals surface area contributed by atoms with Gasteiger partial charge in [-0.3, -0.25) is 19.7 Å². The van der Waals surface area contributed by atoms with E-state index in [1.54, 1.807) is 21.9 Å². The molecule has 1 heterocycles. The molecule has 9 heteroatoms. The molecule has 0 spiro atoms. The number of benzene rings is 2. The lowest BCUT2D eigenvalue weighted by Crippen LogP contribution is -2.51. The van der Waals surface area contributed by atoms with Gasteiger partial charge in [-0.15, -0.1) is 0 Å². The predicted octanol–water partition coefficient (Wildman–Crippen LogP) is 1.66. The smallest absolute Gasteiger partial charge is 0.269 e. The van der Waals surface area contributed by atoms with Crippen LogP contribution in [0.15, 0.2) is 48.5 Å². The fourth-order valence-corrected chi connectivity index (χ4v) is 2.88. The number of aromatic hydroxyl groups is 1. The van der Waals surface area contributed by atoms with Gasteiger partial charge in [-0.25, -0.2) is 0 Å². The Kier molecular flexibility index (Phi) is 5.73. The maximum atomic E-state index is 12.5. The van der Waals surface area contributed by atoms with Crippen molar-refractivity contribution < 1.29 is 24.4 Å². The Morgan fingerprint density at radius 3 is 2.29 bits per heavy atom. The Morgan fingerprint density at radius 2 is 1.68 bits per heavy atom. The van der Waals surface area contributed by atoms with Crippen molar-refractivity contribution in [2.45, 2.75) is 0 Å². The lowest BCUT2D eigenvalue weighted by Gasteiger charge is -2.34. The van der Waals surface area contributed by atoms with Crippen molar-refractivity contribution in [3.05, 3.63) is 64.2 Å². The van der Waals surface area contributed by atoms with Gasteiger partial charge < -0.3 is 19.6 Å². The van der Waals surface area contributed by atoms with E-state index < -0.39 is 4.92 Å². The average Bonchev–Trinajstić information content (AvgIpc) is 2.71. The Morgan fingerprint density at radius 1 is 1.04 bits per heavy atom. The fraction of sp³-hybridized carbons (Fsp3) is 0.263. The first-order chi connectivity index (χ1) is 13.4. The summed E-state index contributed by atoms with van der Waals surface area (Å²) in [6.45, 7) is 1.34. The Bertz CT molecular complexity index is 875. The summed E-state index contributed by atoms with van der Waals surface area (Å²) in [6.07, 6.45) is 0. The van der Waals surface area contributed by atoms with Crippen LogP contribution in [0.2, 0.25) is 0 Å². The van der Waals surface area contributed by atoms with Gasteiger partial charge in [0.2, 0.25) is 0 Å². The molecule has 0 saturated carbocycles. The molecule has 0 bridgehead atoms. The fourth-order valence-electron chi connectivity index (χ4n) is 2.88. The van der Waals surface area contributed by atoms with E-state index in [9.17, 15) is 24.8 Å². The molecule has 1 saturated heterocycles. The monoisotopic (exact) mass is 385 g/mol. The van der Waals surface area contributed by atoms with Crippen molar-refractivity contribution in [2.75, 3.05) is 32.8 Å². The molecule has 3 rings (SSSR count). The third-order valence-corrected chi connectivity index (χ3v) is 4.42. The zero-order valence-electron chi connectivity index (χ0n) is 15.0. The average molecular weight is 385 g/mol. The summed E-state index contributed by atoms with van der Waals surface area (Å²) in [5.41, 5.74) is 0.302. The topological polar surface area (TPSA) is 113 Å². The third kappa shape index (κ3) is 4.56. The number of piperazine rings is 1. The van der Waals surface area contributed by atoms with Crippen LogP contribution in [0.3, 0.4) is 0 Å². The standard InChI is InChI=1S/C19H19N3O6/c23-16-2-1-3-17(12-16)28-13-18(24)20-8-10-21(11-9-20)19(25)14-4-6-15(7-5-14)22(26)27/h1-7,12,23H,8-11,13H2. The molecule has 28 heavy (non-hydrogen) atoms. The second kappa shape index (κ2) is 8.38.